The summed E-state index contributed by atoms with van der Waals surface area (Å²) in [6.07, 6.45) is 0.0270. The number of rotatable bonds is 6. The van der Waals surface area contributed by atoms with Gasteiger partial charge in [-0.2, -0.15) is 0 Å². The molecule has 218 valence electrons. The minimum atomic E-state index is -0.560. The molecule has 7 rings (SSSR count). The van der Waals surface area contributed by atoms with Gasteiger partial charge in [-0.1, -0.05) is 54.6 Å². The van der Waals surface area contributed by atoms with Gasteiger partial charge in [-0.25, -0.2) is 0 Å². The molecule has 1 atom stereocenters. The number of amides is 2. The molecule has 0 bridgehead atoms. The highest BCUT2D eigenvalue weighted by Gasteiger charge is 2.32. The number of nitrogens with one attached hydrogen (secondary N) is 1. The number of aromatic nitrogens is 3. The third kappa shape index (κ3) is 4.79. The van der Waals surface area contributed by atoms with Crippen LogP contribution in [0, 0.1) is 20.8 Å². The Bertz CT molecular complexity index is 2090. The van der Waals surface area contributed by atoms with Gasteiger partial charge in [0.25, 0.3) is 5.91 Å². The summed E-state index contributed by atoms with van der Waals surface area (Å²) < 4.78 is 7.73. The van der Waals surface area contributed by atoms with Crippen molar-refractivity contribution in [1.82, 2.24) is 14.8 Å². The number of para-hydroxylation sites is 1. The quantitative estimate of drug-likeness (QED) is 0.220. The highest BCUT2D eigenvalue weighted by Crippen LogP contribution is 2.39. The minimum Gasteiger partial charge on any atom is -0.451 e. The molecule has 9 nitrogen and oxygen atoms in total. The number of aryl methyl sites for hydroxylation is 2. The first kappa shape index (κ1) is 27.5. The molecule has 0 saturated heterocycles. The van der Waals surface area contributed by atoms with E-state index in [1.54, 1.807) is 17.4 Å². The number of anilines is 1. The highest BCUT2D eigenvalue weighted by atomic mass is 32.1. The number of carbonyl (C=O) groups excluding carboxylic acids is 2. The van der Waals surface area contributed by atoms with Gasteiger partial charge in [0.05, 0.1) is 12.1 Å². The third-order valence-electron chi connectivity index (χ3n) is 7.90. The van der Waals surface area contributed by atoms with Gasteiger partial charge < -0.3 is 15.5 Å². The molecular formula is C34H28N6O3S. The molecule has 1 aliphatic heterocycles. The Balaban J connectivity index is 1.21. The number of hydrogen-bond donors (Lipinski definition) is 2. The van der Waals surface area contributed by atoms with Crippen molar-refractivity contribution in [3.63, 3.8) is 0 Å². The second-order valence-electron chi connectivity index (χ2n) is 10.8. The van der Waals surface area contributed by atoms with Gasteiger partial charge in [0, 0.05) is 27.1 Å². The highest BCUT2D eigenvalue weighted by molar-refractivity contribution is 7.15. The Morgan fingerprint density at radius 1 is 0.932 bits per heavy atom. The summed E-state index contributed by atoms with van der Waals surface area (Å²) in [7, 11) is 0. The van der Waals surface area contributed by atoms with E-state index in [0.717, 1.165) is 49.7 Å². The number of fused-ring (bicyclic) bond motifs is 4. The summed E-state index contributed by atoms with van der Waals surface area (Å²) in [5.74, 6) is 0.832. The summed E-state index contributed by atoms with van der Waals surface area (Å²) >= 11 is 1.66. The standard InChI is InChI=1S/C34H28N6O3S/c1-18-19(2)44-34-30(18)31(37-26(17-29(35)41)32-39-38-20(3)40(32)34)22-13-11-21(12-14-22)23-8-6-9-25(15-23)36-33(42)28-16-24-7-4-5-10-27(24)43-28/h4-16,26H,17H2,1-3H3,(H2,35,41)(H,36,42)/t26-/m0/s1. The maximum absolute atomic E-state index is 12.9. The van der Waals surface area contributed by atoms with E-state index in [0.29, 0.717) is 17.1 Å². The number of primary amides is 1. The van der Waals surface area contributed by atoms with Crippen LogP contribution in [0.2, 0.25) is 0 Å². The van der Waals surface area contributed by atoms with Gasteiger partial charge in [-0.15, -0.1) is 21.5 Å². The van der Waals surface area contributed by atoms with Gasteiger partial charge in [0.1, 0.15) is 22.5 Å². The van der Waals surface area contributed by atoms with E-state index in [9.17, 15) is 9.59 Å². The third-order valence-corrected chi connectivity index (χ3v) is 9.09. The van der Waals surface area contributed by atoms with Crippen LogP contribution in [0.5, 0.6) is 0 Å². The molecule has 0 aliphatic carbocycles. The van der Waals surface area contributed by atoms with Crippen LogP contribution in [-0.4, -0.2) is 32.3 Å². The predicted octanol–water partition coefficient (Wildman–Crippen LogP) is 6.69. The summed E-state index contributed by atoms with van der Waals surface area (Å²) in [5, 5.41) is 13.5. The molecule has 4 heterocycles. The average molecular weight is 601 g/mol. The molecule has 0 fully saturated rings. The van der Waals surface area contributed by atoms with Gasteiger partial charge in [0.2, 0.25) is 5.91 Å². The van der Waals surface area contributed by atoms with E-state index in [1.165, 1.54) is 4.88 Å². The Kier molecular flexibility index (Phi) is 6.70. The molecule has 0 saturated carbocycles. The number of hydrogen-bond acceptors (Lipinski definition) is 7. The average Bonchev–Trinajstić information content (AvgIpc) is 3.68. The number of furan rings is 1. The van der Waals surface area contributed by atoms with E-state index >= 15 is 0 Å². The van der Waals surface area contributed by atoms with Crippen LogP contribution in [0.25, 0.3) is 27.1 Å². The Morgan fingerprint density at radius 2 is 1.70 bits per heavy atom. The van der Waals surface area contributed by atoms with Gasteiger partial charge in [-0.3, -0.25) is 19.1 Å². The Hall–Kier alpha value is -5.35. The lowest BCUT2D eigenvalue weighted by Gasteiger charge is -2.12. The zero-order valence-electron chi connectivity index (χ0n) is 24.3. The van der Waals surface area contributed by atoms with Crippen LogP contribution in [0.1, 0.15) is 56.2 Å². The summed E-state index contributed by atoms with van der Waals surface area (Å²) in [5.41, 5.74) is 12.7. The Morgan fingerprint density at radius 3 is 2.48 bits per heavy atom. The van der Waals surface area contributed by atoms with Crippen LogP contribution < -0.4 is 11.1 Å². The summed E-state index contributed by atoms with van der Waals surface area (Å²) in [4.78, 5) is 31.3. The van der Waals surface area contributed by atoms with E-state index < -0.39 is 11.9 Å². The molecule has 10 heteroatoms. The lowest BCUT2D eigenvalue weighted by Crippen LogP contribution is -2.17. The fraction of sp³-hybridized carbons (Fsp3) is 0.147. The summed E-state index contributed by atoms with van der Waals surface area (Å²) in [6, 6.07) is 24.5. The number of nitrogens with zero attached hydrogens (tertiary/aromatic N) is 4. The molecule has 44 heavy (non-hydrogen) atoms. The smallest absolute Gasteiger partial charge is 0.291 e. The van der Waals surface area contributed by atoms with Crippen molar-refractivity contribution in [3.05, 3.63) is 118 Å². The van der Waals surface area contributed by atoms with Crippen molar-refractivity contribution in [3.8, 4) is 16.1 Å². The topological polar surface area (TPSA) is 128 Å². The number of nitrogens with two attached hydrogens (primary N) is 1. The molecule has 6 aromatic rings. The molecule has 0 radical (unpaired) electrons. The van der Waals surface area contributed by atoms with E-state index in [1.807, 2.05) is 84.3 Å². The minimum absolute atomic E-state index is 0.0270. The molecule has 0 spiro atoms. The van der Waals surface area contributed by atoms with Crippen molar-refractivity contribution in [2.45, 2.75) is 33.2 Å². The van der Waals surface area contributed by atoms with Crippen LogP contribution in [0.15, 0.2) is 88.3 Å². The van der Waals surface area contributed by atoms with Crippen LogP contribution in [0.4, 0.5) is 5.69 Å². The normalized spacial score (nSPS) is 14.1. The largest absolute Gasteiger partial charge is 0.451 e. The second-order valence-corrected chi connectivity index (χ2v) is 12.0. The van der Waals surface area contributed by atoms with Gasteiger partial charge >= 0.3 is 0 Å². The summed E-state index contributed by atoms with van der Waals surface area (Å²) in [6.45, 7) is 6.09. The first-order valence-electron chi connectivity index (χ1n) is 14.2. The van der Waals surface area contributed by atoms with Crippen molar-refractivity contribution < 1.29 is 14.0 Å². The molecule has 3 aromatic carbocycles. The van der Waals surface area contributed by atoms with Crippen molar-refractivity contribution in [1.29, 1.82) is 0 Å². The van der Waals surface area contributed by atoms with Crippen LogP contribution >= 0.6 is 11.3 Å². The first-order valence-corrected chi connectivity index (χ1v) is 15.0. The fourth-order valence-corrected chi connectivity index (χ4v) is 6.81. The van der Waals surface area contributed by atoms with Crippen LogP contribution in [-0.2, 0) is 4.79 Å². The maximum Gasteiger partial charge on any atom is 0.291 e. The van der Waals surface area contributed by atoms with Gasteiger partial charge in [0.15, 0.2) is 11.6 Å². The molecule has 3 aromatic heterocycles. The molecule has 0 unspecified atom stereocenters. The fourth-order valence-electron chi connectivity index (χ4n) is 5.60. The van der Waals surface area contributed by atoms with Gasteiger partial charge in [-0.05, 0) is 61.7 Å². The molecule has 2 amide bonds. The Labute approximate surface area is 257 Å². The van der Waals surface area contributed by atoms with E-state index in [4.69, 9.17) is 15.1 Å². The zero-order valence-corrected chi connectivity index (χ0v) is 25.1. The van der Waals surface area contributed by atoms with E-state index in [2.05, 4.69) is 29.4 Å². The van der Waals surface area contributed by atoms with Crippen molar-refractivity contribution >= 4 is 45.5 Å². The lowest BCUT2D eigenvalue weighted by atomic mass is 9.97. The van der Waals surface area contributed by atoms with E-state index in [-0.39, 0.29) is 18.1 Å². The SMILES string of the molecule is Cc1sc2c(c1C)C(c1ccc(-c3cccc(NC(=O)c4cc5ccccc5o4)c3)cc1)=N[C@@H](CC(N)=O)c1nnc(C)n1-2. The number of carbonyl (C=O) groups is 2. The number of benzene rings is 3. The zero-order chi connectivity index (χ0) is 30.5. The maximum atomic E-state index is 12.9. The predicted molar refractivity (Wildman–Crippen MR) is 172 cm³/mol. The van der Waals surface area contributed by atoms with Crippen LogP contribution in [0.3, 0.4) is 0 Å². The number of thiophene rings is 1. The lowest BCUT2D eigenvalue weighted by molar-refractivity contribution is -0.118. The molecule has 1 aliphatic rings. The molecular weight excluding hydrogens is 572 g/mol. The van der Waals surface area contributed by atoms with Crippen molar-refractivity contribution in [2.24, 2.45) is 10.7 Å². The molecule has 3 N–H and O–H groups in total. The number of aliphatic imine (C=N–C) groups is 1. The second kappa shape index (κ2) is 10.7. The monoisotopic (exact) mass is 600 g/mol. The first-order chi connectivity index (χ1) is 21.3. The van der Waals surface area contributed by atoms with Crippen molar-refractivity contribution in [2.75, 3.05) is 5.32 Å².